The van der Waals surface area contributed by atoms with Gasteiger partial charge >= 0.3 is 0 Å². The number of carbonyl (C=O) groups is 2. The largest absolute Gasteiger partial charge is 0.481 e. The maximum Gasteiger partial charge on any atom is 0.261 e. The van der Waals surface area contributed by atoms with E-state index >= 15 is 0 Å². The molecule has 2 amide bonds. The van der Waals surface area contributed by atoms with E-state index in [2.05, 4.69) is 5.32 Å². The van der Waals surface area contributed by atoms with Crippen molar-refractivity contribution in [3.63, 3.8) is 0 Å². The van der Waals surface area contributed by atoms with E-state index in [1.54, 1.807) is 12.1 Å². The lowest BCUT2D eigenvalue weighted by Crippen LogP contribution is -2.50. The summed E-state index contributed by atoms with van der Waals surface area (Å²) in [5, 5.41) is 2.77. The van der Waals surface area contributed by atoms with E-state index in [9.17, 15) is 14.0 Å². The molecular weight excluding hydrogens is 347 g/mol. The molecule has 27 heavy (non-hydrogen) atoms. The Labute approximate surface area is 159 Å². The molecule has 0 spiro atoms. The van der Waals surface area contributed by atoms with Gasteiger partial charge in [0.1, 0.15) is 6.04 Å². The highest BCUT2D eigenvalue weighted by atomic mass is 19.1. The minimum Gasteiger partial charge on any atom is -0.481 e. The number of ether oxygens (including phenoxy) is 1. The van der Waals surface area contributed by atoms with Crippen molar-refractivity contribution in [1.82, 2.24) is 10.2 Å². The first-order valence-corrected chi connectivity index (χ1v) is 9.05. The van der Waals surface area contributed by atoms with Crippen LogP contribution in [0.3, 0.4) is 0 Å². The van der Waals surface area contributed by atoms with Gasteiger partial charge in [-0.3, -0.25) is 9.59 Å². The van der Waals surface area contributed by atoms with Gasteiger partial charge in [0.15, 0.2) is 18.2 Å². The van der Waals surface area contributed by atoms with Gasteiger partial charge in [0.05, 0.1) is 0 Å². The Morgan fingerprint density at radius 1 is 1.07 bits per heavy atom. The number of hydrogen-bond acceptors (Lipinski definition) is 3. The van der Waals surface area contributed by atoms with Gasteiger partial charge in [-0.1, -0.05) is 49.4 Å². The molecule has 0 heterocycles. The Kier molecular flexibility index (Phi) is 7.79. The summed E-state index contributed by atoms with van der Waals surface area (Å²) in [4.78, 5) is 26.8. The van der Waals surface area contributed by atoms with Crippen LogP contribution in [0.2, 0.25) is 0 Å². The van der Waals surface area contributed by atoms with E-state index in [1.165, 1.54) is 17.0 Å². The summed E-state index contributed by atoms with van der Waals surface area (Å²) in [7, 11) is 0. The molecule has 2 rings (SSSR count). The fraction of sp³-hybridized carbons (Fsp3) is 0.333. The zero-order chi connectivity index (χ0) is 19.6. The smallest absolute Gasteiger partial charge is 0.261 e. The Morgan fingerprint density at radius 2 is 1.74 bits per heavy atom. The van der Waals surface area contributed by atoms with Crippen LogP contribution in [0.25, 0.3) is 0 Å². The maximum atomic E-state index is 13.7. The van der Waals surface area contributed by atoms with E-state index < -0.39 is 11.9 Å². The minimum atomic E-state index is -0.623. The summed E-state index contributed by atoms with van der Waals surface area (Å²) in [6, 6.07) is 14.7. The molecule has 0 saturated carbocycles. The van der Waals surface area contributed by atoms with Crippen LogP contribution in [0.15, 0.2) is 54.6 Å². The first-order valence-electron chi connectivity index (χ1n) is 9.05. The van der Waals surface area contributed by atoms with Crippen LogP contribution in [0.1, 0.15) is 25.8 Å². The molecule has 5 nitrogen and oxygen atoms in total. The molecule has 0 aromatic heterocycles. The molecule has 0 fully saturated rings. The molecule has 0 radical (unpaired) electrons. The summed E-state index contributed by atoms with van der Waals surface area (Å²) in [5.41, 5.74) is 0.902. The minimum absolute atomic E-state index is 0.0107. The highest BCUT2D eigenvalue weighted by Crippen LogP contribution is 2.17. The quantitative estimate of drug-likeness (QED) is 0.736. The molecule has 1 N–H and O–H groups in total. The van der Waals surface area contributed by atoms with Crippen molar-refractivity contribution in [2.75, 3.05) is 13.2 Å². The lowest BCUT2D eigenvalue weighted by atomic mass is 10.1. The monoisotopic (exact) mass is 372 g/mol. The predicted octanol–water partition coefficient (Wildman–Crippen LogP) is 3.15. The van der Waals surface area contributed by atoms with E-state index in [4.69, 9.17) is 4.74 Å². The second-order valence-electron chi connectivity index (χ2n) is 6.04. The average molecular weight is 372 g/mol. The molecule has 0 aliphatic carbocycles. The summed E-state index contributed by atoms with van der Waals surface area (Å²) < 4.78 is 19.1. The maximum absolute atomic E-state index is 13.7. The van der Waals surface area contributed by atoms with Crippen molar-refractivity contribution < 1.29 is 18.7 Å². The van der Waals surface area contributed by atoms with Crippen LogP contribution in [-0.2, 0) is 16.1 Å². The lowest BCUT2D eigenvalue weighted by Gasteiger charge is -2.30. The number of rotatable bonds is 9. The summed E-state index contributed by atoms with van der Waals surface area (Å²) in [5.74, 6) is -1.11. The van der Waals surface area contributed by atoms with Gasteiger partial charge < -0.3 is 15.0 Å². The van der Waals surface area contributed by atoms with E-state index in [1.807, 2.05) is 44.2 Å². The first kappa shape index (κ1) is 20.4. The lowest BCUT2D eigenvalue weighted by molar-refractivity contribution is -0.143. The van der Waals surface area contributed by atoms with Gasteiger partial charge in [0.25, 0.3) is 5.91 Å². The third kappa shape index (κ3) is 5.81. The highest BCUT2D eigenvalue weighted by Gasteiger charge is 2.28. The van der Waals surface area contributed by atoms with Crippen molar-refractivity contribution in [3.8, 4) is 5.75 Å². The van der Waals surface area contributed by atoms with Crippen LogP contribution in [0, 0.1) is 5.82 Å². The molecule has 0 bridgehead atoms. The number of nitrogens with zero attached hydrogens (tertiary/aromatic N) is 1. The van der Waals surface area contributed by atoms with Crippen LogP contribution >= 0.6 is 0 Å². The normalized spacial score (nSPS) is 11.5. The van der Waals surface area contributed by atoms with Gasteiger partial charge in [0, 0.05) is 13.1 Å². The Morgan fingerprint density at radius 3 is 2.37 bits per heavy atom. The molecule has 0 saturated heterocycles. The zero-order valence-corrected chi connectivity index (χ0v) is 15.7. The molecular formula is C21H25FN2O3. The first-order chi connectivity index (χ1) is 13.1. The number of para-hydroxylation sites is 1. The number of benzene rings is 2. The molecule has 0 aliphatic heterocycles. The zero-order valence-electron chi connectivity index (χ0n) is 15.7. The van der Waals surface area contributed by atoms with Crippen molar-refractivity contribution in [2.45, 2.75) is 32.9 Å². The van der Waals surface area contributed by atoms with Gasteiger partial charge in [-0.05, 0) is 31.0 Å². The average Bonchev–Trinajstić information content (AvgIpc) is 2.68. The molecule has 1 atom stereocenters. The summed E-state index contributed by atoms with van der Waals surface area (Å²) in [6.45, 7) is 4.09. The highest BCUT2D eigenvalue weighted by molar-refractivity contribution is 5.88. The molecule has 0 unspecified atom stereocenters. The number of nitrogens with one attached hydrogen (secondary N) is 1. The standard InChI is InChI=1S/C21H25FN2O3/c1-3-18(21(26)23-4-2)24(14-16-10-6-5-7-11-16)20(25)15-27-19-13-9-8-12-17(19)22/h5-13,18H,3-4,14-15H2,1-2H3,(H,23,26)/t18-/m0/s1. The van der Waals surface area contributed by atoms with Crippen molar-refractivity contribution >= 4 is 11.8 Å². The third-order valence-electron chi connectivity index (χ3n) is 4.12. The fourth-order valence-corrected chi connectivity index (χ4v) is 2.78. The number of halogens is 1. The SMILES string of the molecule is CCNC(=O)[C@H](CC)N(Cc1ccccc1)C(=O)COc1ccccc1F. The Hall–Kier alpha value is -2.89. The van der Waals surface area contributed by atoms with Gasteiger partial charge in [-0.15, -0.1) is 0 Å². The van der Waals surface area contributed by atoms with Gasteiger partial charge in [0.2, 0.25) is 5.91 Å². The van der Waals surface area contributed by atoms with Crippen molar-refractivity contribution in [3.05, 3.63) is 66.0 Å². The molecule has 2 aromatic rings. The molecule has 2 aromatic carbocycles. The fourth-order valence-electron chi connectivity index (χ4n) is 2.78. The van der Waals surface area contributed by atoms with Gasteiger partial charge in [-0.25, -0.2) is 4.39 Å². The van der Waals surface area contributed by atoms with Gasteiger partial charge in [-0.2, -0.15) is 0 Å². The second kappa shape index (κ2) is 10.3. The molecule has 0 aliphatic rings. The topological polar surface area (TPSA) is 58.6 Å². The number of likely N-dealkylation sites (N-methyl/N-ethyl adjacent to an activating group) is 1. The van der Waals surface area contributed by atoms with Crippen LogP contribution in [0.5, 0.6) is 5.75 Å². The summed E-state index contributed by atoms with van der Waals surface area (Å²) in [6.07, 6.45) is 0.462. The number of amides is 2. The van der Waals surface area contributed by atoms with Crippen LogP contribution in [0.4, 0.5) is 4.39 Å². The van der Waals surface area contributed by atoms with Crippen molar-refractivity contribution in [1.29, 1.82) is 0 Å². The number of hydrogen-bond donors (Lipinski definition) is 1. The Bertz CT molecular complexity index is 752. The predicted molar refractivity (Wildman–Crippen MR) is 102 cm³/mol. The third-order valence-corrected chi connectivity index (χ3v) is 4.12. The number of carbonyl (C=O) groups excluding carboxylic acids is 2. The molecule has 144 valence electrons. The van der Waals surface area contributed by atoms with E-state index in [-0.39, 0.29) is 30.7 Å². The van der Waals surface area contributed by atoms with E-state index in [0.29, 0.717) is 13.0 Å². The molecule has 6 heteroatoms. The van der Waals surface area contributed by atoms with E-state index in [0.717, 1.165) is 5.56 Å². The second-order valence-corrected chi connectivity index (χ2v) is 6.04. The Balaban J connectivity index is 2.17. The van der Waals surface area contributed by atoms with Crippen LogP contribution < -0.4 is 10.1 Å². The summed E-state index contributed by atoms with van der Waals surface area (Å²) >= 11 is 0. The van der Waals surface area contributed by atoms with Crippen LogP contribution in [-0.4, -0.2) is 35.9 Å². The van der Waals surface area contributed by atoms with Crippen molar-refractivity contribution in [2.24, 2.45) is 0 Å².